The molecule has 0 N–H and O–H groups in total. The van der Waals surface area contributed by atoms with Crippen LogP contribution in [0.5, 0.6) is 0 Å². The van der Waals surface area contributed by atoms with E-state index >= 15 is 0 Å². The number of carbonyl (C=O) groups is 3. The van der Waals surface area contributed by atoms with Crippen LogP contribution < -0.4 is 0 Å². The van der Waals surface area contributed by atoms with Crippen molar-refractivity contribution in [2.45, 2.75) is 239 Å². The molecule has 404 valence electrons. The lowest BCUT2D eigenvalue weighted by Gasteiger charge is -2.18. The van der Waals surface area contributed by atoms with Gasteiger partial charge < -0.3 is 14.2 Å². The molecule has 0 fully saturated rings. The van der Waals surface area contributed by atoms with E-state index < -0.39 is 6.10 Å². The van der Waals surface area contributed by atoms with E-state index in [1.54, 1.807) is 0 Å². The number of hydrogen-bond donors (Lipinski definition) is 0. The highest BCUT2D eigenvalue weighted by Crippen LogP contribution is 2.13. The molecule has 1 atom stereocenters. The van der Waals surface area contributed by atoms with Gasteiger partial charge in [-0.1, -0.05) is 237 Å². The molecular weight excluding hydrogens is 889 g/mol. The third-order valence-electron chi connectivity index (χ3n) is 11.6. The number of unbranched alkanes of at least 4 members (excludes halogenated alkanes) is 15. The van der Waals surface area contributed by atoms with Crippen LogP contribution in [0.25, 0.3) is 0 Å². The van der Waals surface area contributed by atoms with Crippen LogP contribution in [0.15, 0.2) is 146 Å². The van der Waals surface area contributed by atoms with Gasteiger partial charge in [0.25, 0.3) is 0 Å². The van der Waals surface area contributed by atoms with Gasteiger partial charge in [-0.3, -0.25) is 14.4 Å². The van der Waals surface area contributed by atoms with Crippen LogP contribution in [-0.4, -0.2) is 37.2 Å². The third-order valence-corrected chi connectivity index (χ3v) is 11.6. The monoisotopic (exact) mass is 993 g/mol. The van der Waals surface area contributed by atoms with E-state index in [1.807, 2.05) is 0 Å². The molecule has 0 aliphatic carbocycles. The number of rotatable bonds is 50. The molecule has 0 aliphatic heterocycles. The van der Waals surface area contributed by atoms with Crippen molar-refractivity contribution in [2.75, 3.05) is 13.2 Å². The number of carbonyl (C=O) groups excluding carboxylic acids is 3. The standard InChI is InChI=1S/C66H104O6/c1-4-7-10-13-16-19-21-23-25-26-27-28-29-30-31-32-33-34-35-36-37-38-39-40-42-43-45-47-50-53-56-59-65(68)71-62-63(61-70-64(67)58-55-52-49-18-15-12-9-6-3)72-66(69)60-57-54-51-48-46-44-41-24-22-20-17-14-11-8-5-2/h7-8,10-11,16-17,19-20,23-25,27-28,30-31,33-34,36-37,39-41,43,45,63H,4-6,9,12-15,18,21-22,26,29,32,35,38,42,44,46-62H2,1-3H3/b10-7-,11-8-,19-16-,20-17-,25-23-,28-27-,31-30-,34-33-,37-36-,40-39-,41-24-,45-43-. The van der Waals surface area contributed by atoms with Crippen molar-refractivity contribution in [1.82, 2.24) is 0 Å². The summed E-state index contributed by atoms with van der Waals surface area (Å²) in [4.78, 5) is 38.0. The zero-order valence-corrected chi connectivity index (χ0v) is 46.1. The fourth-order valence-electron chi connectivity index (χ4n) is 7.33. The van der Waals surface area contributed by atoms with E-state index in [0.717, 1.165) is 161 Å². The lowest BCUT2D eigenvalue weighted by molar-refractivity contribution is -0.167. The van der Waals surface area contributed by atoms with Crippen LogP contribution >= 0.6 is 0 Å². The number of hydrogen-bond acceptors (Lipinski definition) is 6. The first kappa shape index (κ1) is 67.3. The topological polar surface area (TPSA) is 78.9 Å². The second-order valence-corrected chi connectivity index (χ2v) is 18.4. The normalized spacial score (nSPS) is 13.2. The Kier molecular flexibility index (Phi) is 55.0. The van der Waals surface area contributed by atoms with Gasteiger partial charge in [-0.25, -0.2) is 0 Å². The van der Waals surface area contributed by atoms with E-state index in [4.69, 9.17) is 14.2 Å². The molecule has 0 spiro atoms. The highest BCUT2D eigenvalue weighted by molar-refractivity contribution is 5.71. The molecular formula is C66H104O6. The van der Waals surface area contributed by atoms with Crippen LogP contribution in [-0.2, 0) is 28.6 Å². The van der Waals surface area contributed by atoms with Gasteiger partial charge in [0.05, 0.1) is 0 Å². The van der Waals surface area contributed by atoms with Crippen LogP contribution in [0.3, 0.4) is 0 Å². The van der Waals surface area contributed by atoms with E-state index in [1.165, 1.54) is 32.1 Å². The average Bonchev–Trinajstić information content (AvgIpc) is 3.38. The van der Waals surface area contributed by atoms with E-state index in [-0.39, 0.29) is 31.1 Å². The summed E-state index contributed by atoms with van der Waals surface area (Å²) in [5.41, 5.74) is 0. The predicted molar refractivity (Wildman–Crippen MR) is 311 cm³/mol. The number of esters is 3. The number of ether oxygens (including phenoxy) is 3. The second-order valence-electron chi connectivity index (χ2n) is 18.4. The Morgan fingerprint density at radius 2 is 0.542 bits per heavy atom. The van der Waals surface area contributed by atoms with Crippen molar-refractivity contribution >= 4 is 17.9 Å². The summed E-state index contributed by atoms with van der Waals surface area (Å²) in [5, 5.41) is 0. The summed E-state index contributed by atoms with van der Waals surface area (Å²) in [6.45, 7) is 6.32. The number of allylic oxidation sites excluding steroid dienone is 24. The quantitative estimate of drug-likeness (QED) is 0.0261. The highest BCUT2D eigenvalue weighted by atomic mass is 16.6. The van der Waals surface area contributed by atoms with Crippen LogP contribution in [0.1, 0.15) is 233 Å². The molecule has 0 saturated carbocycles. The molecule has 0 radical (unpaired) electrons. The molecule has 1 unspecified atom stereocenters. The second kappa shape index (κ2) is 58.9. The van der Waals surface area contributed by atoms with Crippen molar-refractivity contribution in [3.63, 3.8) is 0 Å². The average molecular weight is 994 g/mol. The zero-order chi connectivity index (χ0) is 52.2. The molecule has 0 aromatic rings. The summed E-state index contributed by atoms with van der Waals surface area (Å²) in [7, 11) is 0. The minimum Gasteiger partial charge on any atom is -0.462 e. The van der Waals surface area contributed by atoms with Gasteiger partial charge in [-0.05, 0) is 122 Å². The Labute approximate surface area is 442 Å². The summed E-state index contributed by atoms with van der Waals surface area (Å²) >= 11 is 0. The third kappa shape index (κ3) is 56.2. The minimum absolute atomic E-state index is 0.0998. The first-order valence-electron chi connectivity index (χ1n) is 28.8. The van der Waals surface area contributed by atoms with Gasteiger partial charge in [0.15, 0.2) is 6.10 Å². The summed E-state index contributed by atoms with van der Waals surface area (Å²) < 4.78 is 16.7. The predicted octanol–water partition coefficient (Wildman–Crippen LogP) is 19.6. The Bertz CT molecular complexity index is 1610. The van der Waals surface area contributed by atoms with E-state index in [2.05, 4.69) is 167 Å². The molecule has 72 heavy (non-hydrogen) atoms. The molecule has 0 aromatic carbocycles. The Hall–Kier alpha value is -4.71. The molecule has 6 heteroatoms. The maximum Gasteiger partial charge on any atom is 0.306 e. The van der Waals surface area contributed by atoms with Gasteiger partial charge >= 0.3 is 17.9 Å². The van der Waals surface area contributed by atoms with Crippen molar-refractivity contribution in [3.05, 3.63) is 146 Å². The van der Waals surface area contributed by atoms with Gasteiger partial charge in [-0.2, -0.15) is 0 Å². The molecule has 0 aromatic heterocycles. The first-order valence-corrected chi connectivity index (χ1v) is 28.8. The molecule has 0 heterocycles. The highest BCUT2D eigenvalue weighted by Gasteiger charge is 2.19. The fourth-order valence-corrected chi connectivity index (χ4v) is 7.33. The summed E-state index contributed by atoms with van der Waals surface area (Å²) in [6, 6.07) is 0. The molecule has 0 saturated heterocycles. The van der Waals surface area contributed by atoms with E-state index in [0.29, 0.717) is 19.3 Å². The molecule has 0 rings (SSSR count). The Morgan fingerprint density at radius 3 is 0.861 bits per heavy atom. The largest absolute Gasteiger partial charge is 0.462 e. The van der Waals surface area contributed by atoms with Crippen LogP contribution in [0.4, 0.5) is 0 Å². The van der Waals surface area contributed by atoms with Gasteiger partial charge in [0.1, 0.15) is 13.2 Å². The lowest BCUT2D eigenvalue weighted by atomic mass is 10.1. The van der Waals surface area contributed by atoms with Gasteiger partial charge in [0, 0.05) is 19.3 Å². The summed E-state index contributed by atoms with van der Waals surface area (Å²) in [5.74, 6) is -0.964. The Balaban J connectivity index is 4.31. The smallest absolute Gasteiger partial charge is 0.306 e. The van der Waals surface area contributed by atoms with Crippen molar-refractivity contribution in [3.8, 4) is 0 Å². The molecule has 0 amide bonds. The van der Waals surface area contributed by atoms with Gasteiger partial charge in [-0.15, -0.1) is 0 Å². The molecule has 6 nitrogen and oxygen atoms in total. The van der Waals surface area contributed by atoms with Crippen molar-refractivity contribution in [1.29, 1.82) is 0 Å². The minimum atomic E-state index is -0.804. The SMILES string of the molecule is CC/C=C\C/C=C\C/C=C\C/C=C\C/C=C\C/C=C\C/C=C\C/C=C\C/C=C\CCCCCC(=O)OCC(COC(=O)CCCCCCCCCC)OC(=O)CCCCCCC/C=C\C/C=C\C/C=C\CC. The van der Waals surface area contributed by atoms with Crippen molar-refractivity contribution in [2.24, 2.45) is 0 Å². The summed E-state index contributed by atoms with van der Waals surface area (Å²) in [6.07, 6.45) is 84.3. The zero-order valence-electron chi connectivity index (χ0n) is 46.1. The maximum absolute atomic E-state index is 12.8. The van der Waals surface area contributed by atoms with E-state index in [9.17, 15) is 14.4 Å². The fraction of sp³-hybridized carbons (Fsp3) is 0.591. The van der Waals surface area contributed by atoms with Crippen LogP contribution in [0, 0.1) is 0 Å². The maximum atomic E-state index is 12.8. The van der Waals surface area contributed by atoms with Crippen molar-refractivity contribution < 1.29 is 28.6 Å². The van der Waals surface area contributed by atoms with Gasteiger partial charge in [0.2, 0.25) is 0 Å². The molecule has 0 bridgehead atoms. The van der Waals surface area contributed by atoms with Crippen LogP contribution in [0.2, 0.25) is 0 Å². The Morgan fingerprint density at radius 1 is 0.292 bits per heavy atom. The first-order chi connectivity index (χ1) is 35.5. The molecule has 0 aliphatic rings. The lowest BCUT2D eigenvalue weighted by Crippen LogP contribution is -2.30.